The van der Waals surface area contributed by atoms with Gasteiger partial charge >= 0.3 is 0 Å². The highest BCUT2D eigenvalue weighted by Gasteiger charge is 2.26. The Hall–Kier alpha value is -0.570. The van der Waals surface area contributed by atoms with Gasteiger partial charge in [-0.2, -0.15) is 0 Å². The summed E-state index contributed by atoms with van der Waals surface area (Å²) in [6.07, 6.45) is 1.09. The number of hydrogen-bond donors (Lipinski definition) is 2. The van der Waals surface area contributed by atoms with Crippen LogP contribution in [0.2, 0.25) is 0 Å². The molecule has 76 valence electrons. The van der Waals surface area contributed by atoms with Gasteiger partial charge in [0.05, 0.1) is 6.04 Å². The first kappa shape index (κ1) is 10.5. The van der Waals surface area contributed by atoms with E-state index in [-0.39, 0.29) is 11.9 Å². The zero-order valence-corrected chi connectivity index (χ0v) is 8.98. The van der Waals surface area contributed by atoms with E-state index in [4.69, 9.17) is 0 Å². The van der Waals surface area contributed by atoms with Gasteiger partial charge < -0.3 is 10.6 Å². The minimum absolute atomic E-state index is 0.0406. The van der Waals surface area contributed by atoms with Gasteiger partial charge in [-0.05, 0) is 18.8 Å². The average Bonchev–Trinajstić information content (AvgIpc) is 1.94. The van der Waals surface area contributed by atoms with Crippen LogP contribution in [0.25, 0.3) is 0 Å². The fraction of sp³-hybridized carbons (Fsp3) is 0.900. The Labute approximate surface area is 80.3 Å². The molecular formula is C10H20N2O. The van der Waals surface area contributed by atoms with Gasteiger partial charge in [-0.25, -0.2) is 0 Å². The molecular weight excluding hydrogens is 164 g/mol. The van der Waals surface area contributed by atoms with Gasteiger partial charge in [-0.3, -0.25) is 4.79 Å². The molecule has 0 aliphatic carbocycles. The quantitative estimate of drug-likeness (QED) is 0.635. The standard InChI is InChI=1S/C10H20N2O/c1-7-9(13)11-6-8(12-7)5-10(2,3)4/h7-8,12H,5-6H2,1-4H3,(H,11,13). The first-order chi connectivity index (χ1) is 5.88. The van der Waals surface area contributed by atoms with Crippen LogP contribution in [-0.4, -0.2) is 24.5 Å². The van der Waals surface area contributed by atoms with Crippen molar-refractivity contribution < 1.29 is 4.79 Å². The van der Waals surface area contributed by atoms with Gasteiger partial charge in [0.2, 0.25) is 5.91 Å². The molecule has 2 atom stereocenters. The fourth-order valence-electron chi connectivity index (χ4n) is 1.74. The van der Waals surface area contributed by atoms with Crippen molar-refractivity contribution in [3.63, 3.8) is 0 Å². The summed E-state index contributed by atoms with van der Waals surface area (Å²) in [4.78, 5) is 11.1. The number of nitrogens with one attached hydrogen (secondary N) is 2. The molecule has 1 aliphatic heterocycles. The second-order valence-electron chi connectivity index (χ2n) is 5.10. The fourth-order valence-corrected chi connectivity index (χ4v) is 1.74. The summed E-state index contributed by atoms with van der Waals surface area (Å²) in [6, 6.07) is 0.383. The molecule has 3 nitrogen and oxygen atoms in total. The number of carbonyl (C=O) groups excluding carboxylic acids is 1. The normalized spacial score (nSPS) is 30.0. The van der Waals surface area contributed by atoms with Crippen LogP contribution in [0.3, 0.4) is 0 Å². The Balaban J connectivity index is 2.42. The summed E-state index contributed by atoms with van der Waals surface area (Å²) < 4.78 is 0. The smallest absolute Gasteiger partial charge is 0.236 e. The van der Waals surface area contributed by atoms with Crippen molar-refractivity contribution in [2.75, 3.05) is 6.54 Å². The van der Waals surface area contributed by atoms with Crippen molar-refractivity contribution in [3.05, 3.63) is 0 Å². The lowest BCUT2D eigenvalue weighted by Gasteiger charge is -2.33. The maximum absolute atomic E-state index is 11.1. The molecule has 1 amide bonds. The van der Waals surface area contributed by atoms with Crippen molar-refractivity contribution in [2.45, 2.75) is 46.2 Å². The molecule has 1 heterocycles. The molecule has 0 aromatic heterocycles. The van der Waals surface area contributed by atoms with E-state index < -0.39 is 0 Å². The number of hydrogen-bond acceptors (Lipinski definition) is 2. The van der Waals surface area contributed by atoms with Crippen molar-refractivity contribution in [2.24, 2.45) is 5.41 Å². The summed E-state index contributed by atoms with van der Waals surface area (Å²) in [7, 11) is 0. The molecule has 0 bridgehead atoms. The summed E-state index contributed by atoms with van der Waals surface area (Å²) in [5, 5.41) is 6.21. The second-order valence-corrected chi connectivity index (χ2v) is 5.10. The first-order valence-corrected chi connectivity index (χ1v) is 4.92. The molecule has 1 aliphatic rings. The van der Waals surface area contributed by atoms with Gasteiger partial charge in [-0.15, -0.1) is 0 Å². The Kier molecular flexibility index (Phi) is 2.96. The highest BCUT2D eigenvalue weighted by Crippen LogP contribution is 2.21. The average molecular weight is 184 g/mol. The van der Waals surface area contributed by atoms with Crippen molar-refractivity contribution in [1.29, 1.82) is 0 Å². The first-order valence-electron chi connectivity index (χ1n) is 4.92. The number of piperazine rings is 1. The van der Waals surface area contributed by atoms with E-state index in [9.17, 15) is 4.79 Å². The number of carbonyl (C=O) groups is 1. The summed E-state index contributed by atoms with van der Waals surface area (Å²) in [5.41, 5.74) is 0.319. The topological polar surface area (TPSA) is 41.1 Å². The van der Waals surface area contributed by atoms with Crippen LogP contribution in [-0.2, 0) is 4.79 Å². The van der Waals surface area contributed by atoms with E-state index in [0.717, 1.165) is 13.0 Å². The lowest BCUT2D eigenvalue weighted by Crippen LogP contribution is -2.57. The predicted molar refractivity (Wildman–Crippen MR) is 53.5 cm³/mol. The third-order valence-electron chi connectivity index (χ3n) is 2.26. The third kappa shape index (κ3) is 3.35. The molecule has 1 saturated heterocycles. The van der Waals surface area contributed by atoms with Crippen LogP contribution in [0.4, 0.5) is 0 Å². The van der Waals surface area contributed by atoms with Crippen molar-refractivity contribution in [1.82, 2.24) is 10.6 Å². The molecule has 2 unspecified atom stereocenters. The minimum atomic E-state index is -0.0406. The van der Waals surface area contributed by atoms with Crippen LogP contribution in [0.5, 0.6) is 0 Å². The van der Waals surface area contributed by atoms with Gasteiger partial charge in [0.15, 0.2) is 0 Å². The summed E-state index contributed by atoms with van der Waals surface area (Å²) >= 11 is 0. The summed E-state index contributed by atoms with van der Waals surface area (Å²) in [6.45, 7) is 9.33. The van der Waals surface area contributed by atoms with Crippen molar-refractivity contribution in [3.8, 4) is 0 Å². The Morgan fingerprint density at radius 1 is 1.46 bits per heavy atom. The molecule has 0 spiro atoms. The highest BCUT2D eigenvalue weighted by molar-refractivity contribution is 5.82. The molecule has 2 N–H and O–H groups in total. The maximum Gasteiger partial charge on any atom is 0.236 e. The molecule has 0 saturated carbocycles. The third-order valence-corrected chi connectivity index (χ3v) is 2.26. The van der Waals surface area contributed by atoms with E-state index in [1.54, 1.807) is 0 Å². The molecule has 1 fully saturated rings. The van der Waals surface area contributed by atoms with Crippen LogP contribution >= 0.6 is 0 Å². The molecule has 3 heteroatoms. The summed E-state index contributed by atoms with van der Waals surface area (Å²) in [5.74, 6) is 0.116. The number of amides is 1. The predicted octanol–water partition coefficient (Wildman–Crippen LogP) is 0.899. The van der Waals surface area contributed by atoms with Crippen LogP contribution < -0.4 is 10.6 Å². The van der Waals surface area contributed by atoms with Gasteiger partial charge in [0.1, 0.15) is 0 Å². The molecule has 0 radical (unpaired) electrons. The highest BCUT2D eigenvalue weighted by atomic mass is 16.2. The van der Waals surface area contributed by atoms with E-state index >= 15 is 0 Å². The van der Waals surface area contributed by atoms with E-state index in [1.807, 2.05) is 6.92 Å². The Bertz CT molecular complexity index is 196. The van der Waals surface area contributed by atoms with E-state index in [2.05, 4.69) is 31.4 Å². The van der Waals surface area contributed by atoms with E-state index in [0.29, 0.717) is 11.5 Å². The zero-order chi connectivity index (χ0) is 10.1. The van der Waals surface area contributed by atoms with Crippen LogP contribution in [0.15, 0.2) is 0 Å². The van der Waals surface area contributed by atoms with Crippen LogP contribution in [0, 0.1) is 5.41 Å². The molecule has 13 heavy (non-hydrogen) atoms. The van der Waals surface area contributed by atoms with E-state index in [1.165, 1.54) is 0 Å². The van der Waals surface area contributed by atoms with Gasteiger partial charge in [0.25, 0.3) is 0 Å². The molecule has 1 rings (SSSR count). The minimum Gasteiger partial charge on any atom is -0.353 e. The molecule has 0 aromatic rings. The SMILES string of the molecule is CC1NC(CC(C)(C)C)CNC1=O. The number of rotatable bonds is 1. The second kappa shape index (κ2) is 3.66. The monoisotopic (exact) mass is 184 g/mol. The van der Waals surface area contributed by atoms with Crippen LogP contribution in [0.1, 0.15) is 34.1 Å². The molecule has 0 aromatic carbocycles. The largest absolute Gasteiger partial charge is 0.353 e. The van der Waals surface area contributed by atoms with Crippen molar-refractivity contribution >= 4 is 5.91 Å². The van der Waals surface area contributed by atoms with Gasteiger partial charge in [0, 0.05) is 12.6 Å². The lowest BCUT2D eigenvalue weighted by atomic mass is 9.87. The lowest BCUT2D eigenvalue weighted by molar-refractivity contribution is -0.124. The Morgan fingerprint density at radius 2 is 2.08 bits per heavy atom. The zero-order valence-electron chi connectivity index (χ0n) is 8.98. The van der Waals surface area contributed by atoms with Gasteiger partial charge in [-0.1, -0.05) is 20.8 Å². The maximum atomic E-state index is 11.1. The Morgan fingerprint density at radius 3 is 2.54 bits per heavy atom.